The molecule has 1 unspecified atom stereocenters. The van der Waals surface area contributed by atoms with Crippen molar-refractivity contribution < 1.29 is 4.74 Å². The molecule has 0 radical (unpaired) electrons. The van der Waals surface area contributed by atoms with Gasteiger partial charge in [0.15, 0.2) is 0 Å². The molecule has 0 aliphatic carbocycles. The summed E-state index contributed by atoms with van der Waals surface area (Å²) >= 11 is 0. The molecule has 0 spiro atoms. The van der Waals surface area contributed by atoms with E-state index in [2.05, 4.69) is 29.2 Å². The Hall–Kier alpha value is -0.900. The first-order valence-electron chi connectivity index (χ1n) is 6.46. The molecule has 1 atom stereocenters. The lowest BCUT2D eigenvalue weighted by molar-refractivity contribution is -0.147. The van der Waals surface area contributed by atoms with Crippen LogP contribution in [0.2, 0.25) is 0 Å². The quantitative estimate of drug-likeness (QED) is 0.859. The molecule has 1 aromatic carbocycles. The summed E-state index contributed by atoms with van der Waals surface area (Å²) in [6.45, 7) is 3.90. The van der Waals surface area contributed by atoms with E-state index < -0.39 is 0 Å². The third kappa shape index (κ3) is 1.79. The van der Waals surface area contributed by atoms with Gasteiger partial charge in [0, 0.05) is 0 Å². The van der Waals surface area contributed by atoms with Crippen LogP contribution in [0.4, 0.5) is 0 Å². The summed E-state index contributed by atoms with van der Waals surface area (Å²) in [4.78, 5) is 2.54. The van der Waals surface area contributed by atoms with Crippen molar-refractivity contribution in [2.45, 2.75) is 24.4 Å². The fourth-order valence-corrected chi connectivity index (χ4v) is 3.00. The van der Waals surface area contributed by atoms with E-state index in [4.69, 9.17) is 10.5 Å². The molecule has 2 saturated heterocycles. The summed E-state index contributed by atoms with van der Waals surface area (Å²) in [7, 11) is 0. The van der Waals surface area contributed by atoms with E-state index in [0.717, 1.165) is 13.2 Å². The van der Waals surface area contributed by atoms with E-state index in [1.165, 1.54) is 31.5 Å². The third-order valence-electron chi connectivity index (χ3n) is 4.18. The van der Waals surface area contributed by atoms with E-state index >= 15 is 0 Å². The minimum atomic E-state index is 0.0534. The van der Waals surface area contributed by atoms with Gasteiger partial charge in [-0.1, -0.05) is 30.3 Å². The first kappa shape index (κ1) is 11.2. The lowest BCUT2D eigenvalue weighted by Gasteiger charge is -2.51. The zero-order valence-corrected chi connectivity index (χ0v) is 10.1. The van der Waals surface area contributed by atoms with E-state index in [1.54, 1.807) is 0 Å². The molecule has 2 fully saturated rings. The molecule has 2 heterocycles. The highest BCUT2D eigenvalue weighted by atomic mass is 16.5. The summed E-state index contributed by atoms with van der Waals surface area (Å²) in [6.07, 6.45) is 2.59. The predicted octanol–water partition coefficient (Wildman–Crippen LogP) is 1.55. The van der Waals surface area contributed by atoms with Crippen LogP contribution >= 0.6 is 0 Å². The highest BCUT2D eigenvalue weighted by molar-refractivity contribution is 5.25. The Kier molecular flexibility index (Phi) is 2.90. The summed E-state index contributed by atoms with van der Waals surface area (Å²) in [6, 6.07) is 10.5. The van der Waals surface area contributed by atoms with E-state index in [9.17, 15) is 0 Å². The number of hydrogen-bond donors (Lipinski definition) is 1. The number of ether oxygens (including phenoxy) is 1. The number of rotatable bonds is 3. The Balaban J connectivity index is 1.85. The number of likely N-dealkylation sites (tertiary alicyclic amines) is 1. The molecule has 0 aromatic heterocycles. The standard InChI is InChI=1S/C14H20N2O/c15-13(12-6-2-1-3-7-12)14(10-17-11-14)16-8-4-5-9-16/h1-3,6-7,13H,4-5,8-11,15H2. The van der Waals surface area contributed by atoms with Crippen molar-refractivity contribution >= 4 is 0 Å². The molecular weight excluding hydrogens is 212 g/mol. The van der Waals surface area contributed by atoms with Crippen LogP contribution in [0.25, 0.3) is 0 Å². The van der Waals surface area contributed by atoms with E-state index in [1.807, 2.05) is 6.07 Å². The maximum atomic E-state index is 6.49. The van der Waals surface area contributed by atoms with Gasteiger partial charge in [0.1, 0.15) is 0 Å². The highest BCUT2D eigenvalue weighted by Gasteiger charge is 2.49. The van der Waals surface area contributed by atoms with Crippen molar-refractivity contribution in [3.63, 3.8) is 0 Å². The first-order valence-corrected chi connectivity index (χ1v) is 6.46. The average Bonchev–Trinajstić information content (AvgIpc) is 2.83. The largest absolute Gasteiger partial charge is 0.377 e. The fraction of sp³-hybridized carbons (Fsp3) is 0.571. The maximum absolute atomic E-state index is 6.49. The monoisotopic (exact) mass is 232 g/mol. The molecule has 3 heteroatoms. The lowest BCUT2D eigenvalue weighted by Crippen LogP contribution is -2.66. The van der Waals surface area contributed by atoms with Gasteiger partial charge < -0.3 is 10.5 Å². The van der Waals surface area contributed by atoms with Crippen LogP contribution in [0.1, 0.15) is 24.4 Å². The molecule has 3 rings (SSSR count). The summed E-state index contributed by atoms with van der Waals surface area (Å²) < 4.78 is 5.47. The number of benzene rings is 1. The Bertz CT molecular complexity index is 369. The zero-order valence-electron chi connectivity index (χ0n) is 10.1. The van der Waals surface area contributed by atoms with Gasteiger partial charge in [-0.2, -0.15) is 0 Å². The summed E-state index contributed by atoms with van der Waals surface area (Å²) in [5.41, 5.74) is 7.77. The number of hydrogen-bond acceptors (Lipinski definition) is 3. The topological polar surface area (TPSA) is 38.5 Å². The van der Waals surface area contributed by atoms with Crippen LogP contribution in [0.3, 0.4) is 0 Å². The smallest absolute Gasteiger partial charge is 0.0873 e. The maximum Gasteiger partial charge on any atom is 0.0873 e. The molecule has 1 aromatic rings. The minimum absolute atomic E-state index is 0.0534. The highest BCUT2D eigenvalue weighted by Crippen LogP contribution is 2.38. The second kappa shape index (κ2) is 4.41. The zero-order chi connectivity index (χ0) is 11.7. The van der Waals surface area contributed by atoms with Crippen molar-refractivity contribution in [3.8, 4) is 0 Å². The molecule has 2 N–H and O–H groups in total. The van der Waals surface area contributed by atoms with Gasteiger partial charge in [0.2, 0.25) is 0 Å². The van der Waals surface area contributed by atoms with Crippen LogP contribution in [0, 0.1) is 0 Å². The minimum Gasteiger partial charge on any atom is -0.377 e. The van der Waals surface area contributed by atoms with Gasteiger partial charge in [0.05, 0.1) is 24.8 Å². The van der Waals surface area contributed by atoms with Crippen LogP contribution in [-0.2, 0) is 4.74 Å². The number of nitrogens with zero attached hydrogens (tertiary/aromatic N) is 1. The van der Waals surface area contributed by atoms with Gasteiger partial charge in [-0.05, 0) is 31.5 Å². The lowest BCUT2D eigenvalue weighted by atomic mass is 9.82. The van der Waals surface area contributed by atoms with Crippen LogP contribution in [-0.4, -0.2) is 36.7 Å². The van der Waals surface area contributed by atoms with Gasteiger partial charge in [-0.25, -0.2) is 0 Å². The Morgan fingerprint density at radius 2 is 1.76 bits per heavy atom. The van der Waals surface area contributed by atoms with Crippen LogP contribution < -0.4 is 5.73 Å². The first-order chi connectivity index (χ1) is 8.33. The molecule has 92 valence electrons. The normalized spacial score (nSPS) is 25.5. The summed E-state index contributed by atoms with van der Waals surface area (Å²) in [5.74, 6) is 0. The Labute approximate surface area is 103 Å². The molecule has 0 bridgehead atoms. The average molecular weight is 232 g/mol. The summed E-state index contributed by atoms with van der Waals surface area (Å²) in [5, 5.41) is 0. The molecule has 17 heavy (non-hydrogen) atoms. The third-order valence-corrected chi connectivity index (χ3v) is 4.18. The Morgan fingerprint density at radius 3 is 2.29 bits per heavy atom. The SMILES string of the molecule is NC(c1ccccc1)C1(N2CCCC2)COC1. The van der Waals surface area contributed by atoms with Crippen molar-refractivity contribution in [1.29, 1.82) is 0 Å². The van der Waals surface area contributed by atoms with Gasteiger partial charge in [-0.3, -0.25) is 4.90 Å². The fourth-order valence-electron chi connectivity index (χ4n) is 3.00. The second-order valence-corrected chi connectivity index (χ2v) is 5.18. The van der Waals surface area contributed by atoms with Crippen molar-refractivity contribution in [2.75, 3.05) is 26.3 Å². The predicted molar refractivity (Wildman–Crippen MR) is 67.7 cm³/mol. The van der Waals surface area contributed by atoms with Gasteiger partial charge >= 0.3 is 0 Å². The van der Waals surface area contributed by atoms with Crippen molar-refractivity contribution in [2.24, 2.45) is 5.73 Å². The second-order valence-electron chi connectivity index (χ2n) is 5.18. The molecular formula is C14H20N2O. The van der Waals surface area contributed by atoms with Gasteiger partial charge in [0.25, 0.3) is 0 Å². The van der Waals surface area contributed by atoms with Crippen molar-refractivity contribution in [1.82, 2.24) is 4.90 Å². The van der Waals surface area contributed by atoms with E-state index in [-0.39, 0.29) is 11.6 Å². The Morgan fingerprint density at radius 1 is 1.12 bits per heavy atom. The molecule has 0 saturated carbocycles. The van der Waals surface area contributed by atoms with E-state index in [0.29, 0.717) is 0 Å². The van der Waals surface area contributed by atoms with Crippen LogP contribution in [0.5, 0.6) is 0 Å². The molecule has 2 aliphatic rings. The molecule has 3 nitrogen and oxygen atoms in total. The number of nitrogens with two attached hydrogens (primary N) is 1. The van der Waals surface area contributed by atoms with Gasteiger partial charge in [-0.15, -0.1) is 0 Å². The van der Waals surface area contributed by atoms with Crippen molar-refractivity contribution in [3.05, 3.63) is 35.9 Å². The van der Waals surface area contributed by atoms with Crippen LogP contribution in [0.15, 0.2) is 30.3 Å². The molecule has 2 aliphatic heterocycles. The molecule has 0 amide bonds.